The number of hydrogen-bond donors (Lipinski definition) is 1. The normalized spacial score (nSPS) is 26.3. The molecule has 0 unspecified atom stereocenters. The first-order valence-electron chi connectivity index (χ1n) is 7.68. The van der Waals surface area contributed by atoms with Crippen LogP contribution in [0.2, 0.25) is 0 Å². The molecule has 1 aromatic heterocycles. The quantitative estimate of drug-likeness (QED) is 0.861. The molecule has 4 heterocycles. The molecule has 2 amide bonds. The van der Waals surface area contributed by atoms with Crippen molar-refractivity contribution in [2.24, 2.45) is 0 Å². The number of benzene rings is 1. The molecule has 1 aromatic carbocycles. The van der Waals surface area contributed by atoms with Gasteiger partial charge >= 0.3 is 6.03 Å². The van der Waals surface area contributed by atoms with Gasteiger partial charge in [-0.2, -0.15) is 0 Å². The summed E-state index contributed by atoms with van der Waals surface area (Å²) in [5.74, 6) is 1.40. The lowest BCUT2D eigenvalue weighted by Gasteiger charge is -2.28. The number of amides is 2. The van der Waals surface area contributed by atoms with E-state index in [4.69, 9.17) is 14.2 Å². The second kappa shape index (κ2) is 4.97. The predicted octanol–water partition coefficient (Wildman–Crippen LogP) is 1.75. The third-order valence-electron chi connectivity index (χ3n) is 4.44. The minimum absolute atomic E-state index is 0.0387. The summed E-state index contributed by atoms with van der Waals surface area (Å²) in [5, 5.41) is 3.69. The summed E-state index contributed by atoms with van der Waals surface area (Å²) in [6, 6.07) is 3.91. The summed E-state index contributed by atoms with van der Waals surface area (Å²) < 4.78 is 17.8. The van der Waals surface area contributed by atoms with Gasteiger partial charge in [0.05, 0.1) is 23.4 Å². The number of nitrogens with zero attached hydrogens (tertiary/aromatic N) is 2. The predicted molar refractivity (Wildman–Crippen MR) is 84.6 cm³/mol. The number of carbonyl (C=O) groups is 1. The highest BCUT2D eigenvalue weighted by atomic mass is 32.1. The molecule has 0 saturated carbocycles. The zero-order valence-electron chi connectivity index (χ0n) is 12.3. The molecule has 7 nitrogen and oxygen atoms in total. The van der Waals surface area contributed by atoms with Crippen LogP contribution in [-0.2, 0) is 4.74 Å². The van der Waals surface area contributed by atoms with Gasteiger partial charge in [-0.05, 0) is 18.6 Å². The van der Waals surface area contributed by atoms with E-state index >= 15 is 0 Å². The number of ether oxygens (including phenoxy) is 3. The molecule has 0 bridgehead atoms. The summed E-state index contributed by atoms with van der Waals surface area (Å²) in [7, 11) is 0. The number of fused-ring (bicyclic) bond motifs is 4. The second-order valence-corrected chi connectivity index (χ2v) is 6.80. The minimum atomic E-state index is -0.101. The maximum atomic E-state index is 12.4. The summed E-state index contributed by atoms with van der Waals surface area (Å²) in [6.07, 6.45) is 0.817. The van der Waals surface area contributed by atoms with Gasteiger partial charge in [0.1, 0.15) is 18.7 Å². The number of aromatic nitrogens is 1. The van der Waals surface area contributed by atoms with Crippen molar-refractivity contribution in [3.8, 4) is 11.5 Å². The first kappa shape index (κ1) is 13.4. The van der Waals surface area contributed by atoms with E-state index in [-0.39, 0.29) is 18.1 Å². The van der Waals surface area contributed by atoms with Crippen LogP contribution in [0.4, 0.5) is 9.93 Å². The van der Waals surface area contributed by atoms with Crippen molar-refractivity contribution in [3.05, 3.63) is 12.1 Å². The Bertz CT molecular complexity index is 792. The van der Waals surface area contributed by atoms with Gasteiger partial charge in [0.2, 0.25) is 0 Å². The van der Waals surface area contributed by atoms with Crippen LogP contribution in [0.3, 0.4) is 0 Å². The largest absolute Gasteiger partial charge is 0.486 e. The molecule has 0 radical (unpaired) electrons. The summed E-state index contributed by atoms with van der Waals surface area (Å²) in [4.78, 5) is 18.8. The fourth-order valence-electron chi connectivity index (χ4n) is 3.37. The summed E-state index contributed by atoms with van der Waals surface area (Å²) in [5.41, 5.74) is 0.769. The van der Waals surface area contributed by atoms with Crippen molar-refractivity contribution in [1.29, 1.82) is 0 Å². The van der Waals surface area contributed by atoms with E-state index in [0.717, 1.165) is 22.4 Å². The molecule has 5 rings (SSSR count). The Balaban J connectivity index is 1.59. The number of hydrogen-bond acceptors (Lipinski definition) is 6. The molecule has 2 aromatic rings. The van der Waals surface area contributed by atoms with E-state index in [9.17, 15) is 4.79 Å². The van der Waals surface area contributed by atoms with Gasteiger partial charge in [0, 0.05) is 6.61 Å². The minimum Gasteiger partial charge on any atom is -0.486 e. The number of carbonyl (C=O) groups excluding carboxylic acids is 1. The van der Waals surface area contributed by atoms with Crippen molar-refractivity contribution in [3.63, 3.8) is 0 Å². The SMILES string of the molecule is O=C1N[C@H]2COCC[C@H]2N1c1nc2c3c(ccc2s1)OCCO3. The van der Waals surface area contributed by atoms with Gasteiger partial charge in [0.25, 0.3) is 0 Å². The molecule has 3 aliphatic rings. The lowest BCUT2D eigenvalue weighted by atomic mass is 10.1. The number of urea groups is 1. The van der Waals surface area contributed by atoms with Crippen molar-refractivity contribution in [1.82, 2.24) is 10.3 Å². The molecular weight excluding hydrogens is 318 g/mol. The Morgan fingerprint density at radius 1 is 1.26 bits per heavy atom. The van der Waals surface area contributed by atoms with Crippen LogP contribution >= 0.6 is 11.3 Å². The van der Waals surface area contributed by atoms with Crippen LogP contribution in [0.5, 0.6) is 11.5 Å². The summed E-state index contributed by atoms with van der Waals surface area (Å²) >= 11 is 1.50. The summed E-state index contributed by atoms with van der Waals surface area (Å²) in [6.45, 7) is 2.30. The molecule has 2 atom stereocenters. The van der Waals surface area contributed by atoms with Crippen molar-refractivity contribution >= 4 is 32.7 Å². The van der Waals surface area contributed by atoms with E-state index < -0.39 is 0 Å². The van der Waals surface area contributed by atoms with Crippen molar-refractivity contribution in [2.45, 2.75) is 18.5 Å². The Morgan fingerprint density at radius 2 is 2.17 bits per heavy atom. The highest BCUT2D eigenvalue weighted by Crippen LogP contribution is 2.42. The van der Waals surface area contributed by atoms with Crippen molar-refractivity contribution < 1.29 is 19.0 Å². The van der Waals surface area contributed by atoms with E-state index in [1.165, 1.54) is 11.3 Å². The standard InChI is InChI=1S/C15H15N3O4S/c19-14-16-8-7-20-4-3-9(8)18(14)15-17-12-11(23-15)2-1-10-13(12)22-6-5-21-10/h1-2,8-9H,3-7H2,(H,16,19)/t8-,9+/m0/s1. The molecular formula is C15H15N3O4S. The number of anilines is 1. The van der Waals surface area contributed by atoms with Gasteiger partial charge in [0.15, 0.2) is 16.6 Å². The second-order valence-electron chi connectivity index (χ2n) is 5.79. The number of nitrogens with one attached hydrogen (secondary N) is 1. The van der Waals surface area contributed by atoms with E-state index in [0.29, 0.717) is 37.3 Å². The molecule has 120 valence electrons. The molecule has 23 heavy (non-hydrogen) atoms. The molecule has 2 saturated heterocycles. The van der Waals surface area contributed by atoms with E-state index in [2.05, 4.69) is 10.3 Å². The molecule has 0 spiro atoms. The van der Waals surface area contributed by atoms with Gasteiger partial charge in [-0.1, -0.05) is 11.3 Å². The Labute approximate surface area is 136 Å². The molecule has 2 fully saturated rings. The average molecular weight is 333 g/mol. The Kier molecular flexibility index (Phi) is 2.89. The fourth-order valence-corrected chi connectivity index (χ4v) is 4.39. The zero-order valence-corrected chi connectivity index (χ0v) is 13.1. The van der Waals surface area contributed by atoms with E-state index in [1.807, 2.05) is 12.1 Å². The third-order valence-corrected chi connectivity index (χ3v) is 5.46. The highest BCUT2D eigenvalue weighted by molar-refractivity contribution is 7.22. The van der Waals surface area contributed by atoms with Gasteiger partial charge in [-0.25, -0.2) is 9.78 Å². The van der Waals surface area contributed by atoms with Crippen LogP contribution in [-0.4, -0.2) is 49.5 Å². The third kappa shape index (κ3) is 1.98. The van der Waals surface area contributed by atoms with Gasteiger partial charge < -0.3 is 19.5 Å². The van der Waals surface area contributed by atoms with Crippen LogP contribution in [0.1, 0.15) is 6.42 Å². The van der Waals surface area contributed by atoms with Crippen LogP contribution in [0.15, 0.2) is 12.1 Å². The topological polar surface area (TPSA) is 72.9 Å². The molecule has 3 aliphatic heterocycles. The Hall–Kier alpha value is -2.06. The van der Waals surface area contributed by atoms with Gasteiger partial charge in [-0.15, -0.1) is 0 Å². The average Bonchev–Trinajstić information content (AvgIpc) is 3.14. The first-order valence-corrected chi connectivity index (χ1v) is 8.49. The van der Waals surface area contributed by atoms with Crippen LogP contribution in [0.25, 0.3) is 10.2 Å². The Morgan fingerprint density at radius 3 is 3.13 bits per heavy atom. The monoisotopic (exact) mass is 333 g/mol. The fraction of sp³-hybridized carbons (Fsp3) is 0.467. The van der Waals surface area contributed by atoms with Crippen LogP contribution in [0, 0.1) is 0 Å². The van der Waals surface area contributed by atoms with Crippen molar-refractivity contribution in [2.75, 3.05) is 31.3 Å². The molecule has 8 heteroatoms. The molecule has 0 aliphatic carbocycles. The van der Waals surface area contributed by atoms with Gasteiger partial charge in [-0.3, -0.25) is 4.90 Å². The van der Waals surface area contributed by atoms with Crippen LogP contribution < -0.4 is 19.7 Å². The van der Waals surface area contributed by atoms with E-state index in [1.54, 1.807) is 4.90 Å². The first-order chi connectivity index (χ1) is 11.3. The lowest BCUT2D eigenvalue weighted by Crippen LogP contribution is -2.43. The molecule has 1 N–H and O–H groups in total. The number of rotatable bonds is 1. The maximum Gasteiger partial charge on any atom is 0.324 e. The maximum absolute atomic E-state index is 12.4. The highest BCUT2D eigenvalue weighted by Gasteiger charge is 2.43. The number of thiazole rings is 1. The zero-order chi connectivity index (χ0) is 15.4. The lowest BCUT2D eigenvalue weighted by molar-refractivity contribution is 0.0717. The smallest absolute Gasteiger partial charge is 0.324 e.